The number of fused-ring (bicyclic) bond motifs is 1. The van der Waals surface area contributed by atoms with E-state index in [0.29, 0.717) is 6.42 Å². The van der Waals surface area contributed by atoms with Gasteiger partial charge in [0.15, 0.2) is 5.65 Å². The Labute approximate surface area is 160 Å². The first kappa shape index (κ1) is 19.1. The van der Waals surface area contributed by atoms with Crippen molar-refractivity contribution in [1.82, 2.24) is 19.9 Å². The molecular formula is C22H28N4O. The highest BCUT2D eigenvalue weighted by molar-refractivity contribution is 5.79. The van der Waals surface area contributed by atoms with Crippen LogP contribution in [-0.2, 0) is 11.2 Å². The molecule has 5 nitrogen and oxygen atoms in total. The molecule has 5 heteroatoms. The first-order valence-corrected chi connectivity index (χ1v) is 9.78. The fraction of sp³-hybridized carbons (Fsp3) is 0.409. The van der Waals surface area contributed by atoms with E-state index in [1.54, 1.807) is 0 Å². The topological polar surface area (TPSA) is 59.3 Å². The van der Waals surface area contributed by atoms with Crippen LogP contribution in [-0.4, -0.2) is 27.0 Å². The second kappa shape index (κ2) is 8.80. The number of amides is 1. The summed E-state index contributed by atoms with van der Waals surface area (Å²) in [6, 6.07) is 12.1. The molecule has 0 aliphatic heterocycles. The maximum Gasteiger partial charge on any atom is 0.224 e. The molecule has 1 amide bonds. The van der Waals surface area contributed by atoms with Crippen molar-refractivity contribution in [2.45, 2.75) is 52.9 Å². The number of nitrogens with zero attached hydrogens (tertiary/aromatic N) is 3. The highest BCUT2D eigenvalue weighted by Gasteiger charge is 2.15. The Morgan fingerprint density at radius 1 is 1.11 bits per heavy atom. The Kier molecular flexibility index (Phi) is 6.22. The number of carbonyl (C=O) groups is 1. The van der Waals surface area contributed by atoms with E-state index in [-0.39, 0.29) is 5.91 Å². The Hall–Kier alpha value is -2.69. The van der Waals surface area contributed by atoms with E-state index < -0.39 is 0 Å². The zero-order valence-corrected chi connectivity index (χ0v) is 16.5. The Bertz CT molecular complexity index is 915. The number of rotatable bonds is 8. The molecule has 0 radical (unpaired) electrons. The van der Waals surface area contributed by atoms with Crippen LogP contribution in [0.2, 0.25) is 0 Å². The molecule has 27 heavy (non-hydrogen) atoms. The largest absolute Gasteiger partial charge is 0.356 e. The molecule has 1 aromatic carbocycles. The quantitative estimate of drug-likeness (QED) is 0.608. The van der Waals surface area contributed by atoms with Crippen LogP contribution >= 0.6 is 0 Å². The number of unbranched alkanes of at least 4 members (excludes halogenated alkanes) is 3. The molecule has 2 aromatic heterocycles. The molecule has 0 unspecified atom stereocenters. The van der Waals surface area contributed by atoms with E-state index in [0.717, 1.165) is 53.2 Å². The van der Waals surface area contributed by atoms with E-state index in [4.69, 9.17) is 5.10 Å². The van der Waals surface area contributed by atoms with E-state index >= 15 is 0 Å². The average molecular weight is 364 g/mol. The summed E-state index contributed by atoms with van der Waals surface area (Å²) in [5.74, 6) is 0.0503. The summed E-state index contributed by atoms with van der Waals surface area (Å²) in [4.78, 5) is 17.0. The van der Waals surface area contributed by atoms with Gasteiger partial charge in [-0.05, 0) is 20.3 Å². The highest BCUT2D eigenvalue weighted by Crippen LogP contribution is 2.22. The first-order valence-electron chi connectivity index (χ1n) is 9.78. The van der Waals surface area contributed by atoms with Crippen LogP contribution in [0.3, 0.4) is 0 Å². The van der Waals surface area contributed by atoms with Gasteiger partial charge in [-0.1, -0.05) is 56.5 Å². The smallest absolute Gasteiger partial charge is 0.224 e. The summed E-state index contributed by atoms with van der Waals surface area (Å²) in [7, 11) is 0. The SMILES string of the molecule is CCCCCCNC(=O)Cc1c(C)nc2cc(-c3ccccc3)nn2c1C. The lowest BCUT2D eigenvalue weighted by atomic mass is 10.1. The molecule has 0 aliphatic rings. The zero-order chi connectivity index (χ0) is 19.2. The molecule has 3 rings (SSSR count). The number of aromatic nitrogens is 3. The molecule has 1 N–H and O–H groups in total. The van der Waals surface area contributed by atoms with Crippen molar-refractivity contribution < 1.29 is 4.79 Å². The van der Waals surface area contributed by atoms with Crippen LogP contribution in [0.4, 0.5) is 0 Å². The molecule has 0 saturated carbocycles. The minimum Gasteiger partial charge on any atom is -0.356 e. The summed E-state index contributed by atoms with van der Waals surface area (Å²) >= 11 is 0. The maximum atomic E-state index is 12.3. The average Bonchev–Trinajstić information content (AvgIpc) is 3.10. The van der Waals surface area contributed by atoms with Crippen LogP contribution < -0.4 is 5.32 Å². The number of benzene rings is 1. The van der Waals surface area contributed by atoms with Gasteiger partial charge in [-0.2, -0.15) is 5.10 Å². The second-order valence-corrected chi connectivity index (χ2v) is 7.01. The van der Waals surface area contributed by atoms with Crippen molar-refractivity contribution >= 4 is 11.6 Å². The monoisotopic (exact) mass is 364 g/mol. The van der Waals surface area contributed by atoms with E-state index in [1.165, 1.54) is 12.8 Å². The lowest BCUT2D eigenvalue weighted by Gasteiger charge is -2.11. The summed E-state index contributed by atoms with van der Waals surface area (Å²) in [5, 5.41) is 7.74. The van der Waals surface area contributed by atoms with Crippen molar-refractivity contribution in [3.05, 3.63) is 53.3 Å². The molecule has 0 atom stereocenters. The van der Waals surface area contributed by atoms with Gasteiger partial charge < -0.3 is 5.32 Å². The predicted octanol–water partition coefficient (Wildman–Crippen LogP) is 4.25. The molecule has 2 heterocycles. The Morgan fingerprint density at radius 2 is 1.89 bits per heavy atom. The van der Waals surface area contributed by atoms with Gasteiger partial charge in [-0.25, -0.2) is 9.50 Å². The number of carbonyl (C=O) groups excluding carboxylic acids is 1. The van der Waals surface area contributed by atoms with Crippen LogP contribution in [0.15, 0.2) is 36.4 Å². The maximum absolute atomic E-state index is 12.3. The Balaban J connectivity index is 1.77. The van der Waals surface area contributed by atoms with Gasteiger partial charge in [0.25, 0.3) is 0 Å². The molecule has 0 bridgehead atoms. The number of hydrogen-bond donors (Lipinski definition) is 1. The minimum absolute atomic E-state index is 0.0503. The van der Waals surface area contributed by atoms with Crippen LogP contribution in [0.1, 0.15) is 49.6 Å². The molecule has 0 saturated heterocycles. The number of hydrogen-bond acceptors (Lipinski definition) is 3. The standard InChI is InChI=1S/C22H28N4O/c1-4-5-6-10-13-23-22(27)14-19-16(2)24-21-15-20(25-26(21)17(19)3)18-11-8-7-9-12-18/h7-9,11-12,15H,4-6,10,13-14H2,1-3H3,(H,23,27). The molecular weight excluding hydrogens is 336 g/mol. The van der Waals surface area contributed by atoms with Crippen LogP contribution in [0.25, 0.3) is 16.9 Å². The first-order chi connectivity index (χ1) is 13.1. The second-order valence-electron chi connectivity index (χ2n) is 7.01. The van der Waals surface area contributed by atoms with Crippen molar-refractivity contribution in [3.63, 3.8) is 0 Å². The van der Waals surface area contributed by atoms with E-state index in [1.807, 2.05) is 54.8 Å². The van der Waals surface area contributed by atoms with Gasteiger partial charge in [0.05, 0.1) is 12.1 Å². The summed E-state index contributed by atoms with van der Waals surface area (Å²) in [5.41, 5.74) is 5.58. The summed E-state index contributed by atoms with van der Waals surface area (Å²) < 4.78 is 1.85. The lowest BCUT2D eigenvalue weighted by Crippen LogP contribution is -2.27. The van der Waals surface area contributed by atoms with Gasteiger partial charge in [-0.3, -0.25) is 4.79 Å². The fourth-order valence-electron chi connectivity index (χ4n) is 3.34. The van der Waals surface area contributed by atoms with E-state index in [2.05, 4.69) is 17.2 Å². The Morgan fingerprint density at radius 3 is 2.63 bits per heavy atom. The zero-order valence-electron chi connectivity index (χ0n) is 16.5. The lowest BCUT2D eigenvalue weighted by molar-refractivity contribution is -0.120. The highest BCUT2D eigenvalue weighted by atomic mass is 16.1. The van der Waals surface area contributed by atoms with Gasteiger partial charge in [0.1, 0.15) is 0 Å². The van der Waals surface area contributed by atoms with Crippen molar-refractivity contribution in [2.75, 3.05) is 6.54 Å². The normalized spacial score (nSPS) is 11.1. The molecule has 0 aliphatic carbocycles. The third-order valence-corrected chi connectivity index (χ3v) is 4.92. The fourth-order valence-corrected chi connectivity index (χ4v) is 3.34. The molecule has 0 spiro atoms. The third kappa shape index (κ3) is 4.54. The van der Waals surface area contributed by atoms with Crippen molar-refractivity contribution in [2.24, 2.45) is 0 Å². The van der Waals surface area contributed by atoms with Crippen molar-refractivity contribution in [3.8, 4) is 11.3 Å². The van der Waals surface area contributed by atoms with Crippen LogP contribution in [0.5, 0.6) is 0 Å². The van der Waals surface area contributed by atoms with Gasteiger partial charge in [0.2, 0.25) is 5.91 Å². The van der Waals surface area contributed by atoms with Crippen LogP contribution in [0, 0.1) is 13.8 Å². The van der Waals surface area contributed by atoms with Gasteiger partial charge in [0, 0.05) is 35.1 Å². The van der Waals surface area contributed by atoms with E-state index in [9.17, 15) is 4.79 Å². The molecule has 142 valence electrons. The van der Waals surface area contributed by atoms with Gasteiger partial charge >= 0.3 is 0 Å². The summed E-state index contributed by atoms with van der Waals surface area (Å²) in [6.45, 7) is 6.90. The molecule has 3 aromatic rings. The summed E-state index contributed by atoms with van der Waals surface area (Å²) in [6.07, 6.45) is 4.96. The molecule has 0 fully saturated rings. The number of nitrogens with one attached hydrogen (secondary N) is 1. The number of aryl methyl sites for hydroxylation is 2. The van der Waals surface area contributed by atoms with Gasteiger partial charge in [-0.15, -0.1) is 0 Å². The minimum atomic E-state index is 0.0503. The third-order valence-electron chi connectivity index (χ3n) is 4.92. The van der Waals surface area contributed by atoms with Crippen molar-refractivity contribution in [1.29, 1.82) is 0 Å². The predicted molar refractivity (Wildman–Crippen MR) is 109 cm³/mol.